The Kier molecular flexibility index (Phi) is 5.38. The van der Waals surface area contributed by atoms with Crippen molar-refractivity contribution in [1.29, 1.82) is 0 Å². The predicted octanol–water partition coefficient (Wildman–Crippen LogP) is 4.99. The average Bonchev–Trinajstić information content (AvgIpc) is 3.19. The Balaban J connectivity index is 1.39. The Hall–Kier alpha value is -2.90. The topological polar surface area (TPSA) is 69.4 Å². The minimum atomic E-state index is 0.0808. The van der Waals surface area contributed by atoms with E-state index in [2.05, 4.69) is 15.1 Å². The Morgan fingerprint density at radius 1 is 1.13 bits per heavy atom. The van der Waals surface area contributed by atoms with Crippen LogP contribution in [0.5, 0.6) is 5.75 Å². The standard InChI is InChI=1S/C23H19ClN4O2S/c1-30-17-8-6-14(7-9-17)16-10-20-18(21(29)11-16)12-28-22(25-20)26-23(27-28)31-13-15-4-2-3-5-19(15)24/h2-9,12,16H,10-11,13H2,1H3/t16-/m1/s1. The van der Waals surface area contributed by atoms with E-state index in [9.17, 15) is 4.79 Å². The quantitative estimate of drug-likeness (QED) is 0.399. The molecule has 0 bridgehead atoms. The lowest BCUT2D eigenvalue weighted by molar-refractivity contribution is 0.0962. The summed E-state index contributed by atoms with van der Waals surface area (Å²) in [6.07, 6.45) is 2.91. The van der Waals surface area contributed by atoms with Gasteiger partial charge in [0.25, 0.3) is 5.78 Å². The zero-order chi connectivity index (χ0) is 21.4. The lowest BCUT2D eigenvalue weighted by Gasteiger charge is -2.23. The molecule has 2 aromatic carbocycles. The van der Waals surface area contributed by atoms with Crippen LogP contribution in [0.1, 0.15) is 39.5 Å². The number of methoxy groups -OCH3 is 1. The number of fused-ring (bicyclic) bond motifs is 2. The van der Waals surface area contributed by atoms with Crippen LogP contribution in [0.25, 0.3) is 5.78 Å². The van der Waals surface area contributed by atoms with Gasteiger partial charge in [0.1, 0.15) is 5.75 Å². The van der Waals surface area contributed by atoms with Crippen LogP contribution < -0.4 is 4.74 Å². The summed E-state index contributed by atoms with van der Waals surface area (Å²) in [5.41, 5.74) is 3.54. The van der Waals surface area contributed by atoms with Crippen LogP contribution in [0, 0.1) is 0 Å². The molecule has 31 heavy (non-hydrogen) atoms. The lowest BCUT2D eigenvalue weighted by Crippen LogP contribution is -2.21. The third-order valence-electron chi connectivity index (χ3n) is 5.46. The van der Waals surface area contributed by atoms with E-state index >= 15 is 0 Å². The number of thioether (sulfide) groups is 1. The van der Waals surface area contributed by atoms with E-state index in [1.807, 2.05) is 48.5 Å². The van der Waals surface area contributed by atoms with Crippen LogP contribution in [0.3, 0.4) is 0 Å². The highest BCUT2D eigenvalue weighted by molar-refractivity contribution is 7.98. The summed E-state index contributed by atoms with van der Waals surface area (Å²) < 4.78 is 6.83. The van der Waals surface area contributed by atoms with Gasteiger partial charge < -0.3 is 4.74 Å². The van der Waals surface area contributed by atoms with E-state index in [4.69, 9.17) is 16.3 Å². The maximum atomic E-state index is 12.8. The lowest BCUT2D eigenvalue weighted by atomic mass is 9.82. The molecule has 8 heteroatoms. The van der Waals surface area contributed by atoms with Crippen molar-refractivity contribution in [2.75, 3.05) is 7.11 Å². The molecule has 0 saturated carbocycles. The molecular formula is C23H19ClN4O2S. The van der Waals surface area contributed by atoms with Crippen LogP contribution in [0.15, 0.2) is 59.9 Å². The third-order valence-corrected chi connectivity index (χ3v) is 6.72. The smallest absolute Gasteiger partial charge is 0.253 e. The zero-order valence-electron chi connectivity index (χ0n) is 16.8. The molecule has 5 rings (SSSR count). The first kappa shape index (κ1) is 20.0. The molecule has 156 valence electrons. The van der Waals surface area contributed by atoms with Crippen molar-refractivity contribution in [3.8, 4) is 5.75 Å². The van der Waals surface area contributed by atoms with E-state index < -0.39 is 0 Å². The van der Waals surface area contributed by atoms with Crippen molar-refractivity contribution in [3.05, 3.63) is 82.1 Å². The summed E-state index contributed by atoms with van der Waals surface area (Å²) >= 11 is 7.73. The first-order valence-corrected chi connectivity index (χ1v) is 11.3. The van der Waals surface area contributed by atoms with Gasteiger partial charge in [0, 0.05) is 23.4 Å². The number of Topliss-reactive ketones (excluding diaryl/α,β-unsaturated/α-hetero) is 1. The van der Waals surface area contributed by atoms with Gasteiger partial charge in [-0.3, -0.25) is 4.79 Å². The average molecular weight is 451 g/mol. The van der Waals surface area contributed by atoms with Gasteiger partial charge in [0.15, 0.2) is 5.78 Å². The van der Waals surface area contributed by atoms with Crippen LogP contribution in [0.4, 0.5) is 0 Å². The molecule has 0 N–H and O–H groups in total. The molecule has 1 atom stereocenters. The van der Waals surface area contributed by atoms with Crippen molar-refractivity contribution < 1.29 is 9.53 Å². The number of carbonyl (C=O) groups excluding carboxylic acids is 1. The third kappa shape index (κ3) is 4.03. The van der Waals surface area contributed by atoms with Gasteiger partial charge in [-0.25, -0.2) is 9.50 Å². The fraction of sp³-hybridized carbons (Fsp3) is 0.217. The second-order valence-corrected chi connectivity index (χ2v) is 8.77. The molecule has 0 spiro atoms. The number of rotatable bonds is 5. The summed E-state index contributed by atoms with van der Waals surface area (Å²) in [6.45, 7) is 0. The molecule has 2 heterocycles. The summed E-state index contributed by atoms with van der Waals surface area (Å²) in [5.74, 6) is 2.14. The molecule has 0 fully saturated rings. The fourth-order valence-corrected chi connectivity index (χ4v) is 4.91. The van der Waals surface area contributed by atoms with Crippen molar-refractivity contribution >= 4 is 34.9 Å². The van der Waals surface area contributed by atoms with Crippen LogP contribution in [-0.2, 0) is 12.2 Å². The Morgan fingerprint density at radius 2 is 1.94 bits per heavy atom. The molecule has 0 aliphatic heterocycles. The molecule has 4 aromatic rings. The number of nitrogens with zero attached hydrogens (tertiary/aromatic N) is 4. The Morgan fingerprint density at radius 3 is 2.71 bits per heavy atom. The number of carbonyl (C=O) groups is 1. The first-order chi connectivity index (χ1) is 15.1. The van der Waals surface area contributed by atoms with E-state index in [1.54, 1.807) is 17.8 Å². The second-order valence-electron chi connectivity index (χ2n) is 7.42. The number of hydrogen-bond donors (Lipinski definition) is 0. The van der Waals surface area contributed by atoms with Crippen molar-refractivity contribution in [3.63, 3.8) is 0 Å². The van der Waals surface area contributed by atoms with E-state index in [-0.39, 0.29) is 11.7 Å². The fourth-order valence-electron chi connectivity index (χ4n) is 3.80. The SMILES string of the molecule is COc1ccc([C@H]2CC(=O)c3cn4nc(SCc5ccccc5Cl)nc4nc3C2)cc1. The molecule has 6 nitrogen and oxygen atoms in total. The van der Waals surface area contributed by atoms with Crippen molar-refractivity contribution in [2.24, 2.45) is 0 Å². The predicted molar refractivity (Wildman–Crippen MR) is 120 cm³/mol. The van der Waals surface area contributed by atoms with Gasteiger partial charge in [0.2, 0.25) is 5.16 Å². The molecule has 0 radical (unpaired) electrons. The van der Waals surface area contributed by atoms with Crippen molar-refractivity contribution in [2.45, 2.75) is 29.7 Å². The summed E-state index contributed by atoms with van der Waals surface area (Å²) in [7, 11) is 1.64. The van der Waals surface area contributed by atoms with Gasteiger partial charge >= 0.3 is 0 Å². The van der Waals surface area contributed by atoms with Gasteiger partial charge in [-0.2, -0.15) is 4.98 Å². The number of hydrogen-bond acceptors (Lipinski definition) is 6. The largest absolute Gasteiger partial charge is 0.497 e. The summed E-state index contributed by atoms with van der Waals surface area (Å²) in [4.78, 5) is 22.1. The van der Waals surface area contributed by atoms with E-state index in [0.717, 1.165) is 27.6 Å². The van der Waals surface area contributed by atoms with Crippen LogP contribution in [-0.4, -0.2) is 32.5 Å². The van der Waals surface area contributed by atoms with Crippen LogP contribution >= 0.6 is 23.4 Å². The van der Waals surface area contributed by atoms with Gasteiger partial charge in [-0.1, -0.05) is 53.7 Å². The molecular weight excluding hydrogens is 432 g/mol. The molecule has 2 aromatic heterocycles. The van der Waals surface area contributed by atoms with Gasteiger partial charge in [-0.15, -0.1) is 5.10 Å². The van der Waals surface area contributed by atoms with Crippen LogP contribution in [0.2, 0.25) is 5.02 Å². The molecule has 0 saturated heterocycles. The van der Waals surface area contributed by atoms with E-state index in [0.29, 0.717) is 35.1 Å². The molecule has 0 amide bonds. The number of ketones is 1. The highest BCUT2D eigenvalue weighted by atomic mass is 35.5. The number of aromatic nitrogens is 4. The minimum absolute atomic E-state index is 0.0808. The summed E-state index contributed by atoms with van der Waals surface area (Å²) in [6, 6.07) is 15.6. The maximum Gasteiger partial charge on any atom is 0.253 e. The second kappa shape index (κ2) is 8.32. The highest BCUT2D eigenvalue weighted by Crippen LogP contribution is 2.33. The maximum absolute atomic E-state index is 12.8. The molecule has 1 aliphatic carbocycles. The normalized spacial score (nSPS) is 15.8. The minimum Gasteiger partial charge on any atom is -0.497 e. The number of ether oxygens (including phenoxy) is 1. The summed E-state index contributed by atoms with van der Waals surface area (Å²) in [5, 5.41) is 5.82. The van der Waals surface area contributed by atoms with Gasteiger partial charge in [0.05, 0.1) is 18.4 Å². The number of halogens is 1. The zero-order valence-corrected chi connectivity index (χ0v) is 18.4. The first-order valence-electron chi connectivity index (χ1n) is 9.90. The van der Waals surface area contributed by atoms with E-state index in [1.165, 1.54) is 11.8 Å². The van der Waals surface area contributed by atoms with Gasteiger partial charge in [-0.05, 0) is 41.7 Å². The monoisotopic (exact) mass is 450 g/mol. The Labute approximate surface area is 188 Å². The van der Waals surface area contributed by atoms with Crippen molar-refractivity contribution in [1.82, 2.24) is 19.6 Å². The number of benzene rings is 2. The highest BCUT2D eigenvalue weighted by Gasteiger charge is 2.28. The molecule has 0 unspecified atom stereocenters. The Bertz CT molecular complexity index is 1270. The molecule has 1 aliphatic rings.